The number of benzene rings is 1. The van der Waals surface area contributed by atoms with Crippen LogP contribution in [-0.2, 0) is 11.3 Å². The van der Waals surface area contributed by atoms with Crippen LogP contribution >= 0.6 is 23.8 Å². The van der Waals surface area contributed by atoms with E-state index in [0.717, 1.165) is 11.3 Å². The van der Waals surface area contributed by atoms with E-state index in [2.05, 4.69) is 10.6 Å². The summed E-state index contributed by atoms with van der Waals surface area (Å²) < 4.78 is 5.14. The van der Waals surface area contributed by atoms with Crippen molar-refractivity contribution in [2.24, 2.45) is 0 Å². The van der Waals surface area contributed by atoms with Crippen molar-refractivity contribution in [2.75, 3.05) is 0 Å². The summed E-state index contributed by atoms with van der Waals surface area (Å²) in [5, 5.41) is 6.33. The predicted octanol–water partition coefficient (Wildman–Crippen LogP) is 3.14. The topological polar surface area (TPSA) is 54.3 Å². The van der Waals surface area contributed by atoms with Crippen molar-refractivity contribution in [3.05, 3.63) is 65.1 Å². The number of furan rings is 1. The summed E-state index contributed by atoms with van der Waals surface area (Å²) in [5.41, 5.74) is 0.879. The van der Waals surface area contributed by atoms with Crippen LogP contribution in [0.2, 0.25) is 5.02 Å². The molecule has 0 saturated carbocycles. The summed E-state index contributed by atoms with van der Waals surface area (Å²) in [5.74, 6) is 0.435. The van der Waals surface area contributed by atoms with Gasteiger partial charge in [-0.2, -0.15) is 0 Å². The lowest BCUT2D eigenvalue weighted by Gasteiger charge is -2.06. The molecular weight excluding hydrogens is 308 g/mol. The minimum absolute atomic E-state index is 0.247. The Hall–Kier alpha value is -2.11. The Bertz CT molecular complexity index is 636. The summed E-state index contributed by atoms with van der Waals surface area (Å²) in [7, 11) is 0. The molecule has 0 atom stereocenters. The van der Waals surface area contributed by atoms with Crippen molar-refractivity contribution < 1.29 is 9.21 Å². The van der Waals surface area contributed by atoms with Gasteiger partial charge in [0.05, 0.1) is 12.8 Å². The number of rotatable bonds is 4. The fraction of sp³-hybridized carbons (Fsp3) is 0.0667. The maximum Gasteiger partial charge on any atom is 0.250 e. The Morgan fingerprint density at radius 3 is 2.71 bits per heavy atom. The van der Waals surface area contributed by atoms with Gasteiger partial charge in [-0.05, 0) is 48.1 Å². The Labute approximate surface area is 132 Å². The molecule has 0 bridgehead atoms. The molecule has 1 heterocycles. The van der Waals surface area contributed by atoms with Gasteiger partial charge in [-0.15, -0.1) is 0 Å². The smallest absolute Gasteiger partial charge is 0.250 e. The second-order valence-electron chi connectivity index (χ2n) is 4.14. The van der Waals surface area contributed by atoms with E-state index in [4.69, 9.17) is 28.2 Å². The third-order valence-corrected chi connectivity index (χ3v) is 3.04. The number of carbonyl (C=O) groups excluding carboxylic acids is 1. The van der Waals surface area contributed by atoms with Gasteiger partial charge in [0.25, 0.3) is 0 Å². The molecule has 6 heteroatoms. The maximum atomic E-state index is 11.7. The molecule has 0 unspecified atom stereocenters. The quantitative estimate of drug-likeness (QED) is 0.671. The van der Waals surface area contributed by atoms with Gasteiger partial charge in [-0.25, -0.2) is 0 Å². The molecule has 0 aliphatic heterocycles. The third-order valence-electron chi connectivity index (χ3n) is 2.54. The zero-order valence-corrected chi connectivity index (χ0v) is 12.6. The number of amides is 1. The second-order valence-corrected chi connectivity index (χ2v) is 4.98. The first-order valence-electron chi connectivity index (χ1n) is 6.18. The lowest BCUT2D eigenvalue weighted by molar-refractivity contribution is -0.115. The van der Waals surface area contributed by atoms with Crippen molar-refractivity contribution in [2.45, 2.75) is 6.54 Å². The van der Waals surface area contributed by atoms with E-state index in [-0.39, 0.29) is 11.0 Å². The summed E-state index contributed by atoms with van der Waals surface area (Å²) in [6.45, 7) is 0.424. The highest BCUT2D eigenvalue weighted by Crippen LogP contribution is 2.10. The fourth-order valence-corrected chi connectivity index (χ4v) is 1.82. The number of halogens is 1. The third kappa shape index (κ3) is 5.41. The van der Waals surface area contributed by atoms with Gasteiger partial charge in [0.1, 0.15) is 5.76 Å². The van der Waals surface area contributed by atoms with Crippen LogP contribution in [0.5, 0.6) is 0 Å². The van der Waals surface area contributed by atoms with E-state index < -0.39 is 0 Å². The molecule has 2 aromatic rings. The first kappa shape index (κ1) is 15.3. The molecule has 0 radical (unpaired) electrons. The van der Waals surface area contributed by atoms with E-state index in [1.165, 1.54) is 6.08 Å². The molecule has 0 saturated heterocycles. The van der Waals surface area contributed by atoms with E-state index in [0.29, 0.717) is 11.6 Å². The van der Waals surface area contributed by atoms with Gasteiger partial charge in [-0.1, -0.05) is 23.7 Å². The normalized spacial score (nSPS) is 10.5. The van der Waals surface area contributed by atoms with Gasteiger partial charge in [0, 0.05) is 11.1 Å². The molecule has 2 N–H and O–H groups in total. The lowest BCUT2D eigenvalue weighted by atomic mass is 10.2. The first-order valence-corrected chi connectivity index (χ1v) is 6.97. The summed E-state index contributed by atoms with van der Waals surface area (Å²) in [4.78, 5) is 11.7. The lowest BCUT2D eigenvalue weighted by Crippen LogP contribution is -2.37. The molecule has 4 nitrogen and oxygen atoms in total. The van der Waals surface area contributed by atoms with Crippen molar-refractivity contribution in [3.63, 3.8) is 0 Å². The Morgan fingerprint density at radius 1 is 1.29 bits per heavy atom. The minimum Gasteiger partial charge on any atom is -0.467 e. The van der Waals surface area contributed by atoms with E-state index in [1.807, 2.05) is 18.2 Å². The van der Waals surface area contributed by atoms with Crippen LogP contribution in [0.1, 0.15) is 11.3 Å². The minimum atomic E-state index is -0.304. The monoisotopic (exact) mass is 320 g/mol. The summed E-state index contributed by atoms with van der Waals surface area (Å²) in [6.07, 6.45) is 4.67. The number of hydrogen-bond donors (Lipinski definition) is 2. The molecule has 0 spiro atoms. The molecule has 0 fully saturated rings. The van der Waals surface area contributed by atoms with Gasteiger partial charge in [-0.3, -0.25) is 10.1 Å². The fourth-order valence-electron chi connectivity index (χ4n) is 1.52. The number of nitrogens with one attached hydrogen (secondary N) is 2. The van der Waals surface area contributed by atoms with Crippen LogP contribution in [0.25, 0.3) is 6.08 Å². The highest BCUT2D eigenvalue weighted by molar-refractivity contribution is 7.80. The standard InChI is InChI=1S/C15H13ClN2O2S/c16-12-6-3-11(4-7-12)5-8-14(19)18-15(21)17-10-13-2-1-9-20-13/h1-9H,10H2,(H2,17,18,19,21)/b8-5+. The molecular formula is C15H13ClN2O2S. The highest BCUT2D eigenvalue weighted by atomic mass is 35.5. The average molecular weight is 321 g/mol. The molecule has 0 aliphatic carbocycles. The van der Waals surface area contributed by atoms with Crippen molar-refractivity contribution in [1.29, 1.82) is 0 Å². The van der Waals surface area contributed by atoms with Crippen LogP contribution in [-0.4, -0.2) is 11.0 Å². The van der Waals surface area contributed by atoms with Crippen LogP contribution < -0.4 is 10.6 Å². The Morgan fingerprint density at radius 2 is 2.05 bits per heavy atom. The van der Waals surface area contributed by atoms with Crippen molar-refractivity contribution >= 4 is 40.9 Å². The second kappa shape index (κ2) is 7.61. The molecule has 0 aliphatic rings. The van der Waals surface area contributed by atoms with Crippen LogP contribution in [0, 0.1) is 0 Å². The zero-order chi connectivity index (χ0) is 15.1. The van der Waals surface area contributed by atoms with Crippen LogP contribution in [0.15, 0.2) is 53.2 Å². The first-order chi connectivity index (χ1) is 10.1. The zero-order valence-electron chi connectivity index (χ0n) is 11.0. The SMILES string of the molecule is O=C(/C=C/c1ccc(Cl)cc1)NC(=S)NCc1ccco1. The van der Waals surface area contributed by atoms with E-state index in [9.17, 15) is 4.79 Å². The maximum absolute atomic E-state index is 11.7. The largest absolute Gasteiger partial charge is 0.467 e. The van der Waals surface area contributed by atoms with Gasteiger partial charge < -0.3 is 9.73 Å². The molecule has 1 aromatic carbocycles. The van der Waals surface area contributed by atoms with E-state index in [1.54, 1.807) is 30.5 Å². The molecule has 21 heavy (non-hydrogen) atoms. The summed E-state index contributed by atoms with van der Waals surface area (Å²) >= 11 is 10.8. The number of hydrogen-bond acceptors (Lipinski definition) is 3. The predicted molar refractivity (Wildman–Crippen MR) is 86.8 cm³/mol. The number of carbonyl (C=O) groups is 1. The molecule has 1 aromatic heterocycles. The van der Waals surface area contributed by atoms with Crippen LogP contribution in [0.4, 0.5) is 0 Å². The van der Waals surface area contributed by atoms with E-state index >= 15 is 0 Å². The highest BCUT2D eigenvalue weighted by Gasteiger charge is 2.01. The number of thiocarbonyl (C=S) groups is 1. The Balaban J connectivity index is 1.78. The van der Waals surface area contributed by atoms with Gasteiger partial charge >= 0.3 is 0 Å². The van der Waals surface area contributed by atoms with Crippen LogP contribution in [0.3, 0.4) is 0 Å². The molecule has 1 amide bonds. The molecule has 108 valence electrons. The molecule has 2 rings (SSSR count). The van der Waals surface area contributed by atoms with Crippen molar-refractivity contribution in [3.8, 4) is 0 Å². The Kier molecular flexibility index (Phi) is 5.54. The summed E-state index contributed by atoms with van der Waals surface area (Å²) in [6, 6.07) is 10.8. The average Bonchev–Trinajstić information content (AvgIpc) is 2.98. The van der Waals surface area contributed by atoms with Gasteiger partial charge in [0.2, 0.25) is 5.91 Å². The van der Waals surface area contributed by atoms with Crippen molar-refractivity contribution in [1.82, 2.24) is 10.6 Å². The van der Waals surface area contributed by atoms with Gasteiger partial charge in [0.15, 0.2) is 5.11 Å².